The maximum Gasteiger partial charge on any atom is 0.226 e. The van der Waals surface area contributed by atoms with Gasteiger partial charge in [-0.2, -0.15) is 0 Å². The molecule has 1 amide bonds. The molecule has 0 aliphatic rings. The van der Waals surface area contributed by atoms with Crippen molar-refractivity contribution >= 4 is 17.9 Å². The van der Waals surface area contributed by atoms with E-state index < -0.39 is 6.04 Å². The SMILES string of the molecule is CNc1ccc(Oc2ccc(F)cc2)cc1.Cc1ncc(CC(=O)NC(C=O)COCc2ccccc2)[nH]1. The molecule has 0 saturated carbocycles. The monoisotopic (exact) mass is 518 g/mol. The first kappa shape index (κ1) is 28.1. The minimum absolute atomic E-state index is 0.145. The van der Waals surface area contributed by atoms with Crippen molar-refractivity contribution in [3.63, 3.8) is 0 Å². The zero-order valence-corrected chi connectivity index (χ0v) is 21.3. The number of anilines is 1. The Morgan fingerprint density at radius 3 is 2.26 bits per heavy atom. The lowest BCUT2D eigenvalue weighted by molar-refractivity contribution is -0.124. The summed E-state index contributed by atoms with van der Waals surface area (Å²) in [4.78, 5) is 29.9. The molecule has 0 bridgehead atoms. The molecule has 1 aromatic heterocycles. The first-order valence-electron chi connectivity index (χ1n) is 12.0. The number of ether oxygens (including phenoxy) is 2. The van der Waals surface area contributed by atoms with Crippen LogP contribution < -0.4 is 15.4 Å². The summed E-state index contributed by atoms with van der Waals surface area (Å²) in [5.74, 6) is 1.59. The fraction of sp³-hybridized carbons (Fsp3) is 0.207. The third-order valence-electron chi connectivity index (χ3n) is 5.22. The molecule has 0 aliphatic heterocycles. The number of aryl methyl sites for hydroxylation is 1. The maximum absolute atomic E-state index is 12.7. The molecule has 1 atom stereocenters. The number of imidazole rings is 1. The molecule has 0 radical (unpaired) electrons. The van der Waals surface area contributed by atoms with Gasteiger partial charge in [0.25, 0.3) is 0 Å². The average Bonchev–Trinajstić information content (AvgIpc) is 3.35. The lowest BCUT2D eigenvalue weighted by Crippen LogP contribution is -2.40. The van der Waals surface area contributed by atoms with Gasteiger partial charge in [-0.3, -0.25) is 4.79 Å². The minimum Gasteiger partial charge on any atom is -0.457 e. The molecule has 3 aromatic carbocycles. The molecule has 1 heterocycles. The normalized spacial score (nSPS) is 11.0. The minimum atomic E-state index is -0.653. The van der Waals surface area contributed by atoms with E-state index in [0.29, 0.717) is 24.3 Å². The summed E-state index contributed by atoms with van der Waals surface area (Å²) in [5, 5.41) is 5.65. The Labute approximate surface area is 221 Å². The molecule has 198 valence electrons. The predicted molar refractivity (Wildman–Crippen MR) is 144 cm³/mol. The van der Waals surface area contributed by atoms with Crippen molar-refractivity contribution in [2.45, 2.75) is 26.0 Å². The number of halogens is 1. The van der Waals surface area contributed by atoms with Crippen molar-refractivity contribution in [3.8, 4) is 11.5 Å². The van der Waals surface area contributed by atoms with E-state index in [9.17, 15) is 14.0 Å². The van der Waals surface area contributed by atoms with Gasteiger partial charge in [0.15, 0.2) is 0 Å². The number of aromatic amines is 1. The number of nitrogens with zero attached hydrogens (tertiary/aromatic N) is 1. The van der Waals surface area contributed by atoms with Crippen LogP contribution in [0, 0.1) is 12.7 Å². The van der Waals surface area contributed by atoms with Crippen LogP contribution in [-0.2, 0) is 27.4 Å². The molecular weight excluding hydrogens is 487 g/mol. The molecule has 8 nitrogen and oxygen atoms in total. The molecule has 0 saturated heterocycles. The zero-order valence-electron chi connectivity index (χ0n) is 21.3. The van der Waals surface area contributed by atoms with Crippen molar-refractivity contribution in [1.29, 1.82) is 0 Å². The molecule has 4 rings (SSSR count). The molecule has 0 aliphatic carbocycles. The highest BCUT2D eigenvalue weighted by Crippen LogP contribution is 2.22. The Hall–Kier alpha value is -4.50. The fourth-order valence-corrected chi connectivity index (χ4v) is 3.31. The highest BCUT2D eigenvalue weighted by molar-refractivity contribution is 5.81. The van der Waals surface area contributed by atoms with Crippen molar-refractivity contribution < 1.29 is 23.5 Å². The summed E-state index contributed by atoms with van der Waals surface area (Å²) in [7, 11) is 1.86. The molecule has 1 unspecified atom stereocenters. The lowest BCUT2D eigenvalue weighted by atomic mass is 10.2. The van der Waals surface area contributed by atoms with Crippen LogP contribution in [0.15, 0.2) is 85.1 Å². The zero-order chi connectivity index (χ0) is 27.2. The van der Waals surface area contributed by atoms with Crippen LogP contribution >= 0.6 is 0 Å². The molecule has 0 spiro atoms. The summed E-state index contributed by atoms with van der Waals surface area (Å²) in [6, 6.07) is 22.5. The van der Waals surface area contributed by atoms with E-state index in [1.54, 1.807) is 18.3 Å². The van der Waals surface area contributed by atoms with E-state index in [1.165, 1.54) is 12.1 Å². The number of rotatable bonds is 11. The maximum atomic E-state index is 12.7. The van der Waals surface area contributed by atoms with Gasteiger partial charge in [0, 0.05) is 24.6 Å². The van der Waals surface area contributed by atoms with Crippen molar-refractivity contribution in [2.75, 3.05) is 19.0 Å². The first-order chi connectivity index (χ1) is 18.4. The van der Waals surface area contributed by atoms with E-state index in [-0.39, 0.29) is 24.8 Å². The number of hydrogen-bond donors (Lipinski definition) is 3. The second-order valence-corrected chi connectivity index (χ2v) is 8.31. The Bertz CT molecular complexity index is 1260. The summed E-state index contributed by atoms with van der Waals surface area (Å²) < 4.78 is 23.7. The van der Waals surface area contributed by atoms with Crippen LogP contribution in [0.3, 0.4) is 0 Å². The number of carbonyl (C=O) groups is 2. The summed E-state index contributed by atoms with van der Waals surface area (Å²) in [6.07, 6.45) is 2.45. The van der Waals surface area contributed by atoms with E-state index in [1.807, 2.05) is 68.6 Å². The Morgan fingerprint density at radius 1 is 1.03 bits per heavy atom. The third kappa shape index (κ3) is 9.87. The summed E-state index contributed by atoms with van der Waals surface area (Å²) in [6.45, 7) is 2.36. The number of nitrogens with one attached hydrogen (secondary N) is 3. The second-order valence-electron chi connectivity index (χ2n) is 8.31. The van der Waals surface area contributed by atoms with Gasteiger partial charge in [-0.15, -0.1) is 0 Å². The van der Waals surface area contributed by atoms with Crippen LogP contribution in [0.1, 0.15) is 17.1 Å². The van der Waals surface area contributed by atoms with Gasteiger partial charge in [0.05, 0.1) is 19.6 Å². The van der Waals surface area contributed by atoms with Crippen LogP contribution in [0.2, 0.25) is 0 Å². The third-order valence-corrected chi connectivity index (χ3v) is 5.22. The smallest absolute Gasteiger partial charge is 0.226 e. The number of amides is 1. The lowest BCUT2D eigenvalue weighted by Gasteiger charge is -2.13. The number of H-pyrrole nitrogens is 1. The second kappa shape index (κ2) is 14.9. The Balaban J connectivity index is 0.000000221. The number of benzene rings is 3. The number of carbonyl (C=O) groups excluding carboxylic acids is 2. The van der Waals surface area contributed by atoms with Crippen molar-refractivity contribution in [3.05, 3.63) is 108 Å². The molecule has 3 N–H and O–H groups in total. The Morgan fingerprint density at radius 2 is 1.68 bits per heavy atom. The van der Waals surface area contributed by atoms with Gasteiger partial charge in [0.2, 0.25) is 5.91 Å². The average molecular weight is 519 g/mol. The molecular formula is C29H31FN4O4. The number of aromatic nitrogens is 2. The largest absolute Gasteiger partial charge is 0.457 e. The van der Waals surface area contributed by atoms with E-state index in [4.69, 9.17) is 9.47 Å². The fourth-order valence-electron chi connectivity index (χ4n) is 3.31. The van der Waals surface area contributed by atoms with E-state index >= 15 is 0 Å². The van der Waals surface area contributed by atoms with Gasteiger partial charge >= 0.3 is 0 Å². The first-order valence-corrected chi connectivity index (χ1v) is 12.0. The summed E-state index contributed by atoms with van der Waals surface area (Å²) >= 11 is 0. The van der Waals surface area contributed by atoms with Crippen LogP contribution in [-0.4, -0.2) is 41.9 Å². The Kier molecular flexibility index (Phi) is 11.0. The van der Waals surface area contributed by atoms with E-state index in [0.717, 1.165) is 22.8 Å². The van der Waals surface area contributed by atoms with Crippen LogP contribution in [0.25, 0.3) is 0 Å². The number of aldehydes is 1. The van der Waals surface area contributed by atoms with Gasteiger partial charge in [-0.05, 0) is 61.0 Å². The topological polar surface area (TPSA) is 105 Å². The molecule has 4 aromatic rings. The highest BCUT2D eigenvalue weighted by atomic mass is 19.1. The molecule has 38 heavy (non-hydrogen) atoms. The predicted octanol–water partition coefficient (Wildman–Crippen LogP) is 4.82. The quantitative estimate of drug-likeness (QED) is 0.246. The van der Waals surface area contributed by atoms with Crippen LogP contribution in [0.5, 0.6) is 11.5 Å². The standard InChI is InChI=1S/C16H19N3O3.C13H12FNO/c1-12-17-8-14(18-12)7-16(21)19-15(9-20)11-22-10-13-5-3-2-4-6-13;1-15-11-4-8-13(9-5-11)16-12-6-2-10(14)3-7-12/h2-6,8-9,15H,7,10-11H2,1H3,(H,17,18)(H,19,21);2-9,15H,1H3. The molecule has 0 fully saturated rings. The van der Waals surface area contributed by atoms with Crippen molar-refractivity contribution in [2.24, 2.45) is 0 Å². The van der Waals surface area contributed by atoms with E-state index in [2.05, 4.69) is 20.6 Å². The van der Waals surface area contributed by atoms with Crippen LogP contribution in [0.4, 0.5) is 10.1 Å². The molecule has 9 heteroatoms. The van der Waals surface area contributed by atoms with Gasteiger partial charge < -0.3 is 29.9 Å². The van der Waals surface area contributed by atoms with Crippen molar-refractivity contribution in [1.82, 2.24) is 15.3 Å². The van der Waals surface area contributed by atoms with Gasteiger partial charge in [-0.1, -0.05) is 30.3 Å². The summed E-state index contributed by atoms with van der Waals surface area (Å²) in [5.41, 5.74) is 2.75. The number of hydrogen-bond acceptors (Lipinski definition) is 6. The van der Waals surface area contributed by atoms with Gasteiger partial charge in [-0.25, -0.2) is 9.37 Å². The van der Waals surface area contributed by atoms with Gasteiger partial charge in [0.1, 0.15) is 35.5 Å². The highest BCUT2D eigenvalue weighted by Gasteiger charge is 2.13.